The van der Waals surface area contributed by atoms with Crippen LogP contribution in [0.15, 0.2) is 0 Å². The molecule has 0 saturated heterocycles. The van der Waals surface area contributed by atoms with Crippen molar-refractivity contribution in [2.45, 2.75) is 13.3 Å². The van der Waals surface area contributed by atoms with Crippen LogP contribution in [0.2, 0.25) is 0 Å². The van der Waals surface area contributed by atoms with E-state index in [1.807, 2.05) is 13.5 Å². The van der Waals surface area contributed by atoms with E-state index < -0.39 is 0 Å². The lowest BCUT2D eigenvalue weighted by atomic mass is 10.5. The van der Waals surface area contributed by atoms with Crippen molar-refractivity contribution in [3.8, 4) is 0 Å². The van der Waals surface area contributed by atoms with E-state index in [-0.39, 0.29) is 0 Å². The fraction of sp³-hybridized carbons (Fsp3) is 0.600. The van der Waals surface area contributed by atoms with E-state index in [2.05, 4.69) is 10.6 Å². The molecular formula is C5H12N3. The molecule has 0 rings (SSSR count). The van der Waals surface area contributed by atoms with Crippen LogP contribution in [0.1, 0.15) is 13.3 Å². The Morgan fingerprint density at radius 1 is 1.75 bits per heavy atom. The lowest BCUT2D eigenvalue weighted by Gasteiger charge is -2.02. The van der Waals surface area contributed by atoms with Crippen molar-refractivity contribution >= 4 is 5.96 Å². The number of guanidine groups is 1. The molecule has 0 saturated carbocycles. The van der Waals surface area contributed by atoms with Gasteiger partial charge in [-0.15, -0.1) is 0 Å². The Hall–Kier alpha value is -0.730. The minimum Gasteiger partial charge on any atom is -0.360 e. The van der Waals surface area contributed by atoms with Crippen LogP contribution >= 0.6 is 0 Å². The third kappa shape index (κ3) is 3.46. The van der Waals surface area contributed by atoms with Crippen LogP contribution in [0.3, 0.4) is 0 Å². The summed E-state index contributed by atoms with van der Waals surface area (Å²) in [4.78, 5) is 0. The summed E-state index contributed by atoms with van der Waals surface area (Å²) in [6.45, 7) is 3.83. The molecule has 0 aromatic carbocycles. The van der Waals surface area contributed by atoms with Gasteiger partial charge in [0.2, 0.25) is 0 Å². The Kier molecular flexibility index (Phi) is 4.03. The molecule has 0 spiro atoms. The molecule has 3 N–H and O–H groups in total. The molecule has 0 atom stereocenters. The normalized spacial score (nSPS) is 8.25. The average Bonchev–Trinajstić information content (AvgIpc) is 1.83. The van der Waals surface area contributed by atoms with Crippen LogP contribution in [0.5, 0.6) is 0 Å². The van der Waals surface area contributed by atoms with E-state index in [0.717, 1.165) is 6.42 Å². The van der Waals surface area contributed by atoms with Gasteiger partial charge in [-0.05, 0) is 6.42 Å². The standard InChI is InChI=1S/C5H12N3/c1-3-4-8-5(6)7-2/h4H,3H2,1-2H3,(H3,6,7,8). The summed E-state index contributed by atoms with van der Waals surface area (Å²) in [6.07, 6.45) is 0.935. The molecule has 0 aromatic heterocycles. The van der Waals surface area contributed by atoms with Gasteiger partial charge in [0.25, 0.3) is 0 Å². The molecule has 0 unspecified atom stereocenters. The first-order valence-electron chi connectivity index (χ1n) is 2.65. The fourth-order valence-corrected chi connectivity index (χ4v) is 0.276. The topological polar surface area (TPSA) is 47.9 Å². The first-order chi connectivity index (χ1) is 3.81. The fourth-order valence-electron chi connectivity index (χ4n) is 0.276. The molecule has 0 fully saturated rings. The molecular weight excluding hydrogens is 102 g/mol. The summed E-state index contributed by atoms with van der Waals surface area (Å²) in [5.74, 6) is 0.340. The molecule has 0 aliphatic rings. The zero-order chi connectivity index (χ0) is 6.41. The lowest BCUT2D eigenvalue weighted by molar-refractivity contribution is 0.917. The van der Waals surface area contributed by atoms with Gasteiger partial charge < -0.3 is 10.6 Å². The number of rotatable bonds is 2. The minimum absolute atomic E-state index is 0.340. The van der Waals surface area contributed by atoms with E-state index >= 15 is 0 Å². The predicted octanol–water partition coefficient (Wildman–Crippen LogP) is 0.302. The molecule has 1 radical (unpaired) electrons. The Morgan fingerprint density at radius 3 is 2.75 bits per heavy atom. The van der Waals surface area contributed by atoms with Crippen LogP contribution in [-0.4, -0.2) is 13.0 Å². The van der Waals surface area contributed by atoms with E-state index in [9.17, 15) is 0 Å². The Bertz CT molecular complexity index is 70.1. The highest BCUT2D eigenvalue weighted by Crippen LogP contribution is 1.74. The third-order valence-corrected chi connectivity index (χ3v) is 0.701. The molecule has 0 amide bonds. The average molecular weight is 114 g/mol. The highest BCUT2D eigenvalue weighted by molar-refractivity contribution is 5.76. The van der Waals surface area contributed by atoms with Crippen LogP contribution in [0.25, 0.3) is 0 Å². The predicted molar refractivity (Wildman–Crippen MR) is 34.5 cm³/mol. The van der Waals surface area contributed by atoms with Crippen LogP contribution in [0.4, 0.5) is 0 Å². The number of nitrogens with one attached hydrogen (secondary N) is 3. The highest BCUT2D eigenvalue weighted by atomic mass is 15.1. The van der Waals surface area contributed by atoms with Crippen molar-refractivity contribution in [1.82, 2.24) is 10.6 Å². The van der Waals surface area contributed by atoms with E-state index in [1.165, 1.54) is 0 Å². The molecule has 0 aliphatic carbocycles. The second kappa shape index (κ2) is 4.43. The van der Waals surface area contributed by atoms with Crippen molar-refractivity contribution in [1.29, 1.82) is 5.41 Å². The van der Waals surface area contributed by atoms with Gasteiger partial charge in [0, 0.05) is 13.6 Å². The van der Waals surface area contributed by atoms with Gasteiger partial charge in [0.05, 0.1) is 0 Å². The lowest BCUT2D eigenvalue weighted by Crippen LogP contribution is -2.31. The largest absolute Gasteiger partial charge is 0.360 e. The van der Waals surface area contributed by atoms with Gasteiger partial charge in [-0.3, -0.25) is 5.41 Å². The maximum Gasteiger partial charge on any atom is 0.188 e. The first-order valence-corrected chi connectivity index (χ1v) is 2.65. The maximum absolute atomic E-state index is 6.99. The van der Waals surface area contributed by atoms with Crippen molar-refractivity contribution in [2.75, 3.05) is 7.05 Å². The molecule has 3 heteroatoms. The SMILES string of the molecule is CC[CH]NC(=N)NC. The monoisotopic (exact) mass is 114 g/mol. The van der Waals surface area contributed by atoms with Crippen molar-refractivity contribution in [3.05, 3.63) is 6.54 Å². The minimum atomic E-state index is 0.340. The van der Waals surface area contributed by atoms with E-state index in [4.69, 9.17) is 5.41 Å². The maximum atomic E-state index is 6.99. The summed E-state index contributed by atoms with van der Waals surface area (Å²) < 4.78 is 0. The Labute approximate surface area is 50.0 Å². The second-order valence-corrected chi connectivity index (χ2v) is 1.38. The van der Waals surface area contributed by atoms with E-state index in [1.54, 1.807) is 7.05 Å². The summed E-state index contributed by atoms with van der Waals surface area (Å²) >= 11 is 0. The van der Waals surface area contributed by atoms with Crippen LogP contribution in [-0.2, 0) is 0 Å². The quantitative estimate of drug-likeness (QED) is 0.357. The zero-order valence-corrected chi connectivity index (χ0v) is 5.28. The van der Waals surface area contributed by atoms with Crippen molar-refractivity contribution < 1.29 is 0 Å². The van der Waals surface area contributed by atoms with E-state index in [0.29, 0.717) is 5.96 Å². The second-order valence-electron chi connectivity index (χ2n) is 1.38. The van der Waals surface area contributed by atoms with Gasteiger partial charge in [-0.2, -0.15) is 0 Å². The molecule has 8 heavy (non-hydrogen) atoms. The summed E-state index contributed by atoms with van der Waals surface area (Å²) in [5.41, 5.74) is 0. The van der Waals surface area contributed by atoms with Crippen molar-refractivity contribution in [2.24, 2.45) is 0 Å². The summed E-state index contributed by atoms with van der Waals surface area (Å²) in [6, 6.07) is 0. The number of hydrogen-bond donors (Lipinski definition) is 3. The van der Waals surface area contributed by atoms with Gasteiger partial charge in [0.1, 0.15) is 0 Å². The Morgan fingerprint density at radius 2 is 2.38 bits per heavy atom. The summed E-state index contributed by atoms with van der Waals surface area (Å²) in [5, 5.41) is 12.4. The van der Waals surface area contributed by atoms with Gasteiger partial charge in [0.15, 0.2) is 5.96 Å². The molecule has 0 aromatic rings. The van der Waals surface area contributed by atoms with Crippen LogP contribution in [0, 0.1) is 12.0 Å². The number of hydrogen-bond acceptors (Lipinski definition) is 1. The molecule has 47 valence electrons. The molecule has 0 heterocycles. The summed E-state index contributed by atoms with van der Waals surface area (Å²) in [7, 11) is 1.71. The smallest absolute Gasteiger partial charge is 0.188 e. The molecule has 0 bridgehead atoms. The van der Waals surface area contributed by atoms with Gasteiger partial charge >= 0.3 is 0 Å². The molecule has 0 aliphatic heterocycles. The Balaban J connectivity index is 2.99. The zero-order valence-electron chi connectivity index (χ0n) is 5.28. The van der Waals surface area contributed by atoms with Gasteiger partial charge in [-0.1, -0.05) is 6.92 Å². The van der Waals surface area contributed by atoms with Crippen molar-refractivity contribution in [3.63, 3.8) is 0 Å². The highest BCUT2D eigenvalue weighted by Gasteiger charge is 1.84. The van der Waals surface area contributed by atoms with Crippen LogP contribution < -0.4 is 10.6 Å². The first kappa shape index (κ1) is 7.27. The third-order valence-electron chi connectivity index (χ3n) is 0.701. The molecule has 3 nitrogen and oxygen atoms in total. The van der Waals surface area contributed by atoms with Gasteiger partial charge in [-0.25, -0.2) is 0 Å².